The van der Waals surface area contributed by atoms with Gasteiger partial charge in [-0.1, -0.05) is 19.8 Å². The van der Waals surface area contributed by atoms with E-state index in [1.54, 1.807) is 0 Å². The number of rotatable bonds is 8. The topological polar surface area (TPSA) is 34.2 Å². The average Bonchev–Trinajstić information content (AvgIpc) is 3.20. The Hall–Kier alpha value is -1.09. The molecular weight excluding hydrogens is 224 g/mol. The molecule has 1 aliphatic rings. The van der Waals surface area contributed by atoms with Crippen LogP contribution in [0.1, 0.15) is 51.1 Å². The molecule has 1 aromatic rings. The van der Waals surface area contributed by atoms with Crippen LogP contribution >= 0.6 is 0 Å². The third kappa shape index (κ3) is 4.30. The summed E-state index contributed by atoms with van der Waals surface area (Å²) in [5.41, 5.74) is 1.25. The van der Waals surface area contributed by atoms with Crippen molar-refractivity contribution in [2.75, 3.05) is 13.2 Å². The minimum atomic E-state index is 0.360. The van der Waals surface area contributed by atoms with E-state index in [-0.39, 0.29) is 0 Å². The smallest absolute Gasteiger partial charge is 0.213 e. The molecule has 0 amide bonds. The van der Waals surface area contributed by atoms with E-state index in [4.69, 9.17) is 4.74 Å². The first-order chi connectivity index (χ1) is 8.79. The fraction of sp³-hybridized carbons (Fsp3) is 0.667. The molecule has 0 saturated heterocycles. The van der Waals surface area contributed by atoms with Crippen LogP contribution in [0.5, 0.6) is 5.88 Å². The molecule has 3 heteroatoms. The van der Waals surface area contributed by atoms with Gasteiger partial charge in [0.25, 0.3) is 0 Å². The second-order valence-corrected chi connectivity index (χ2v) is 5.18. The molecule has 1 aliphatic carbocycles. The van der Waals surface area contributed by atoms with Crippen molar-refractivity contribution in [3.63, 3.8) is 0 Å². The summed E-state index contributed by atoms with van der Waals surface area (Å²) in [6.45, 7) is 6.21. The monoisotopic (exact) mass is 248 g/mol. The minimum Gasteiger partial charge on any atom is -0.478 e. The lowest BCUT2D eigenvalue weighted by Crippen LogP contribution is -2.19. The van der Waals surface area contributed by atoms with Gasteiger partial charge in [0.2, 0.25) is 5.88 Å². The van der Waals surface area contributed by atoms with Gasteiger partial charge in [0.05, 0.1) is 6.61 Å². The summed E-state index contributed by atoms with van der Waals surface area (Å²) in [4.78, 5) is 4.27. The van der Waals surface area contributed by atoms with Crippen molar-refractivity contribution in [2.45, 2.75) is 45.6 Å². The van der Waals surface area contributed by atoms with Crippen molar-refractivity contribution in [3.05, 3.63) is 23.9 Å². The molecular formula is C15H24N2O. The molecule has 0 aliphatic heterocycles. The van der Waals surface area contributed by atoms with Crippen molar-refractivity contribution >= 4 is 0 Å². The lowest BCUT2D eigenvalue weighted by Gasteiger charge is -2.14. The molecule has 3 nitrogen and oxygen atoms in total. The van der Waals surface area contributed by atoms with Crippen molar-refractivity contribution in [1.82, 2.24) is 10.3 Å². The minimum absolute atomic E-state index is 0.360. The van der Waals surface area contributed by atoms with Crippen LogP contribution in [0, 0.1) is 5.92 Å². The number of pyridine rings is 1. The molecule has 0 bridgehead atoms. The van der Waals surface area contributed by atoms with Gasteiger partial charge in [-0.3, -0.25) is 0 Å². The summed E-state index contributed by atoms with van der Waals surface area (Å²) in [5, 5.41) is 3.48. The molecule has 1 N–H and O–H groups in total. The number of nitrogens with zero attached hydrogens (tertiary/aromatic N) is 1. The quantitative estimate of drug-likeness (QED) is 0.766. The predicted molar refractivity (Wildman–Crippen MR) is 73.8 cm³/mol. The summed E-state index contributed by atoms with van der Waals surface area (Å²) in [7, 11) is 0. The number of nitrogens with one attached hydrogen (secondary N) is 1. The standard InChI is InChI=1S/C15H24N2O/c1-3-8-16-12(2)14-6-9-17-15(11-14)18-10-7-13-4-5-13/h6,9,11-13,16H,3-5,7-8,10H2,1-2H3. The first-order valence-electron chi connectivity index (χ1n) is 7.11. The number of ether oxygens (including phenoxy) is 1. The van der Waals surface area contributed by atoms with Crippen LogP contribution in [0.15, 0.2) is 18.3 Å². The summed E-state index contributed by atoms with van der Waals surface area (Å²) in [6, 6.07) is 4.47. The highest BCUT2D eigenvalue weighted by molar-refractivity contribution is 5.23. The molecule has 1 heterocycles. The Morgan fingerprint density at radius 3 is 3.06 bits per heavy atom. The largest absolute Gasteiger partial charge is 0.478 e. The Morgan fingerprint density at radius 1 is 1.50 bits per heavy atom. The van der Waals surface area contributed by atoms with Crippen LogP contribution in [-0.4, -0.2) is 18.1 Å². The molecule has 1 fully saturated rings. The molecule has 1 saturated carbocycles. The van der Waals surface area contributed by atoms with Crippen LogP contribution in [-0.2, 0) is 0 Å². The van der Waals surface area contributed by atoms with Gasteiger partial charge < -0.3 is 10.1 Å². The van der Waals surface area contributed by atoms with Crippen molar-refractivity contribution in [1.29, 1.82) is 0 Å². The number of hydrogen-bond acceptors (Lipinski definition) is 3. The molecule has 18 heavy (non-hydrogen) atoms. The van der Waals surface area contributed by atoms with Gasteiger partial charge >= 0.3 is 0 Å². The van der Waals surface area contributed by atoms with Crippen LogP contribution in [0.2, 0.25) is 0 Å². The molecule has 1 atom stereocenters. The van der Waals surface area contributed by atoms with E-state index >= 15 is 0 Å². The molecule has 1 aromatic heterocycles. The first kappa shape index (κ1) is 13.3. The second kappa shape index (κ2) is 6.74. The van der Waals surface area contributed by atoms with Crippen molar-refractivity contribution in [3.8, 4) is 5.88 Å². The van der Waals surface area contributed by atoms with Crippen LogP contribution in [0.3, 0.4) is 0 Å². The Labute approximate surface area is 110 Å². The number of aromatic nitrogens is 1. The molecule has 1 unspecified atom stereocenters. The Morgan fingerprint density at radius 2 is 2.33 bits per heavy atom. The highest BCUT2D eigenvalue weighted by Gasteiger charge is 2.20. The maximum absolute atomic E-state index is 5.71. The van der Waals surface area contributed by atoms with E-state index in [1.807, 2.05) is 6.20 Å². The Bertz CT molecular complexity index is 363. The molecule has 0 aromatic carbocycles. The van der Waals surface area contributed by atoms with Gasteiger partial charge in [-0.05, 0) is 43.9 Å². The fourth-order valence-electron chi connectivity index (χ4n) is 1.99. The summed E-state index contributed by atoms with van der Waals surface area (Å²) >= 11 is 0. The molecule has 2 rings (SSSR count). The lowest BCUT2D eigenvalue weighted by molar-refractivity contribution is 0.290. The van der Waals surface area contributed by atoms with Crippen LogP contribution in [0.4, 0.5) is 0 Å². The zero-order chi connectivity index (χ0) is 12.8. The van der Waals surface area contributed by atoms with E-state index < -0.39 is 0 Å². The fourth-order valence-corrected chi connectivity index (χ4v) is 1.99. The second-order valence-electron chi connectivity index (χ2n) is 5.18. The highest BCUT2D eigenvalue weighted by atomic mass is 16.5. The third-order valence-corrected chi connectivity index (χ3v) is 3.43. The lowest BCUT2D eigenvalue weighted by atomic mass is 10.1. The summed E-state index contributed by atoms with van der Waals surface area (Å²) < 4.78 is 5.71. The maximum atomic E-state index is 5.71. The van der Waals surface area contributed by atoms with Gasteiger partial charge in [0, 0.05) is 18.3 Å². The predicted octanol–water partition coefficient (Wildman–Crippen LogP) is 3.32. The zero-order valence-corrected chi connectivity index (χ0v) is 11.5. The van der Waals surface area contributed by atoms with E-state index in [1.165, 1.54) is 24.8 Å². The molecule has 0 radical (unpaired) electrons. The van der Waals surface area contributed by atoms with Crippen LogP contribution in [0.25, 0.3) is 0 Å². The summed E-state index contributed by atoms with van der Waals surface area (Å²) in [6.07, 6.45) is 6.94. The van der Waals surface area contributed by atoms with Gasteiger partial charge in [-0.25, -0.2) is 4.98 Å². The van der Waals surface area contributed by atoms with Gasteiger partial charge in [-0.15, -0.1) is 0 Å². The number of hydrogen-bond donors (Lipinski definition) is 1. The van der Waals surface area contributed by atoms with Gasteiger partial charge in [0.15, 0.2) is 0 Å². The average molecular weight is 248 g/mol. The van der Waals surface area contributed by atoms with E-state index in [9.17, 15) is 0 Å². The van der Waals surface area contributed by atoms with Gasteiger partial charge in [0.1, 0.15) is 0 Å². The van der Waals surface area contributed by atoms with Crippen LogP contribution < -0.4 is 10.1 Å². The highest BCUT2D eigenvalue weighted by Crippen LogP contribution is 2.32. The van der Waals surface area contributed by atoms with Crippen molar-refractivity contribution < 1.29 is 4.74 Å². The summed E-state index contributed by atoms with van der Waals surface area (Å²) in [5.74, 6) is 1.68. The van der Waals surface area contributed by atoms with E-state index in [0.29, 0.717) is 6.04 Å². The van der Waals surface area contributed by atoms with Gasteiger partial charge in [-0.2, -0.15) is 0 Å². The van der Waals surface area contributed by atoms with E-state index in [0.717, 1.165) is 31.4 Å². The SMILES string of the molecule is CCCNC(C)c1ccnc(OCCC2CC2)c1. The first-order valence-corrected chi connectivity index (χ1v) is 7.11. The molecule has 0 spiro atoms. The third-order valence-electron chi connectivity index (χ3n) is 3.43. The van der Waals surface area contributed by atoms with E-state index in [2.05, 4.69) is 36.3 Å². The molecule has 100 valence electrons. The normalized spacial score (nSPS) is 16.6. The van der Waals surface area contributed by atoms with Crippen molar-refractivity contribution in [2.24, 2.45) is 5.92 Å². The maximum Gasteiger partial charge on any atom is 0.213 e. The zero-order valence-electron chi connectivity index (χ0n) is 11.5. The Kier molecular flexibility index (Phi) is 5.00. The Balaban J connectivity index is 1.82.